The first-order valence-electron chi connectivity index (χ1n) is 6.61. The van der Waals surface area contributed by atoms with Gasteiger partial charge in [-0.1, -0.05) is 29.8 Å². The van der Waals surface area contributed by atoms with Crippen LogP contribution in [-0.4, -0.2) is 18.9 Å². The minimum atomic E-state index is -3.67. The Hall–Kier alpha value is -1.65. The van der Waals surface area contributed by atoms with Crippen LogP contribution < -0.4 is 0 Å². The number of halogens is 1. The fraction of sp³-hybridized carbons (Fsp3) is 0.188. The summed E-state index contributed by atoms with van der Waals surface area (Å²) in [5.41, 5.74) is 1.93. The molecule has 21 heavy (non-hydrogen) atoms. The Morgan fingerprint density at radius 3 is 2.48 bits per heavy atom. The summed E-state index contributed by atoms with van der Waals surface area (Å²) in [6, 6.07) is 11.8. The van der Waals surface area contributed by atoms with E-state index in [1.165, 1.54) is 0 Å². The van der Waals surface area contributed by atoms with Gasteiger partial charge < -0.3 is 0 Å². The van der Waals surface area contributed by atoms with Gasteiger partial charge in [0.05, 0.1) is 4.90 Å². The molecule has 2 aliphatic rings. The topological polar surface area (TPSA) is 51.2 Å². The van der Waals surface area contributed by atoms with Crippen LogP contribution in [-0.2, 0) is 22.7 Å². The summed E-state index contributed by atoms with van der Waals surface area (Å²) in [7, 11) is -3.67. The van der Waals surface area contributed by atoms with Crippen molar-refractivity contribution in [3.63, 3.8) is 0 Å². The number of hydrogen-bond donors (Lipinski definition) is 0. The third-order valence-electron chi connectivity index (χ3n) is 4.45. The molecule has 0 N–H and O–H groups in total. The monoisotopic (exact) mass is 318 g/mol. The molecule has 1 aliphatic heterocycles. The van der Waals surface area contributed by atoms with Crippen LogP contribution in [0.1, 0.15) is 21.5 Å². The molecule has 0 fully saturated rings. The van der Waals surface area contributed by atoms with Crippen LogP contribution in [0.4, 0.5) is 0 Å². The lowest BCUT2D eigenvalue weighted by Gasteiger charge is -2.19. The van der Waals surface area contributed by atoms with Crippen molar-refractivity contribution >= 4 is 27.2 Å². The molecule has 4 rings (SSSR count). The van der Waals surface area contributed by atoms with Crippen molar-refractivity contribution in [1.29, 1.82) is 0 Å². The van der Waals surface area contributed by atoms with Gasteiger partial charge in [0, 0.05) is 23.4 Å². The molecule has 1 unspecified atom stereocenters. The van der Waals surface area contributed by atoms with Crippen molar-refractivity contribution < 1.29 is 13.2 Å². The summed E-state index contributed by atoms with van der Waals surface area (Å²) in [5.74, 6) is -0.301. The number of fused-ring (bicyclic) bond motifs is 2. The van der Waals surface area contributed by atoms with Crippen LogP contribution in [0.3, 0.4) is 0 Å². The molecule has 0 amide bonds. The second-order valence-electron chi connectivity index (χ2n) is 5.59. The Balaban J connectivity index is 1.95. The predicted molar refractivity (Wildman–Crippen MR) is 79.5 cm³/mol. The van der Waals surface area contributed by atoms with Crippen molar-refractivity contribution in [3.05, 3.63) is 64.2 Å². The van der Waals surface area contributed by atoms with Gasteiger partial charge >= 0.3 is 0 Å². The molecule has 106 valence electrons. The molecular weight excluding hydrogens is 308 g/mol. The maximum absolute atomic E-state index is 12.9. The summed E-state index contributed by atoms with van der Waals surface area (Å²) in [5, 5.41) is 0.520. The van der Waals surface area contributed by atoms with Crippen molar-refractivity contribution in [3.8, 4) is 0 Å². The Morgan fingerprint density at radius 2 is 1.71 bits per heavy atom. The van der Waals surface area contributed by atoms with Crippen molar-refractivity contribution in [2.24, 2.45) is 0 Å². The molecule has 0 saturated heterocycles. The molecule has 1 aliphatic carbocycles. The number of hydrogen-bond acceptors (Lipinski definition) is 3. The molecule has 1 spiro atoms. The van der Waals surface area contributed by atoms with Gasteiger partial charge in [-0.05, 0) is 35.4 Å². The van der Waals surface area contributed by atoms with E-state index in [1.807, 2.05) is 0 Å². The lowest BCUT2D eigenvalue weighted by Crippen LogP contribution is -2.42. The van der Waals surface area contributed by atoms with Crippen LogP contribution in [0.25, 0.3) is 0 Å². The zero-order chi connectivity index (χ0) is 14.8. The zero-order valence-corrected chi connectivity index (χ0v) is 12.5. The van der Waals surface area contributed by atoms with Gasteiger partial charge in [0.15, 0.2) is 15.6 Å². The average molecular weight is 319 g/mol. The van der Waals surface area contributed by atoms with E-state index in [-0.39, 0.29) is 23.5 Å². The predicted octanol–water partition coefficient (Wildman–Crippen LogP) is 2.85. The number of Topliss-reactive ketones (excluding diaryl/α,β-unsaturated/α-hetero) is 1. The Labute approximate surface area is 127 Å². The quantitative estimate of drug-likeness (QED) is 0.750. The van der Waals surface area contributed by atoms with E-state index in [4.69, 9.17) is 11.6 Å². The van der Waals surface area contributed by atoms with Crippen molar-refractivity contribution in [2.75, 3.05) is 0 Å². The summed E-state index contributed by atoms with van der Waals surface area (Å²) in [6.07, 6.45) is 0.454. The first-order valence-corrected chi connectivity index (χ1v) is 8.48. The van der Waals surface area contributed by atoms with E-state index in [0.717, 1.165) is 11.1 Å². The summed E-state index contributed by atoms with van der Waals surface area (Å²) in [6.45, 7) is 0. The highest BCUT2D eigenvalue weighted by atomic mass is 35.5. The summed E-state index contributed by atoms with van der Waals surface area (Å²) >= 11 is 5.97. The largest absolute Gasteiger partial charge is 0.292 e. The Bertz CT molecular complexity index is 901. The number of benzene rings is 2. The number of carbonyl (C=O) groups is 1. The molecule has 1 heterocycles. The molecule has 0 bridgehead atoms. The Kier molecular flexibility index (Phi) is 2.46. The highest BCUT2D eigenvalue weighted by molar-refractivity contribution is 7.94. The normalized spacial score (nSPS) is 25.1. The zero-order valence-electron chi connectivity index (χ0n) is 11.0. The van der Waals surface area contributed by atoms with E-state index < -0.39 is 14.6 Å². The number of rotatable bonds is 0. The third kappa shape index (κ3) is 1.49. The standard InChI is InChI=1S/C16H11ClO3S/c17-12-5-6-13-11(7-12)9-16(15(13)18)8-10-3-1-2-4-14(10)21(16,19)20/h1-7H,8-9H2. The number of ketones is 1. The van der Waals surface area contributed by atoms with Crippen LogP contribution in [0.15, 0.2) is 47.4 Å². The van der Waals surface area contributed by atoms with E-state index in [2.05, 4.69) is 0 Å². The van der Waals surface area contributed by atoms with Gasteiger partial charge in [-0.25, -0.2) is 8.42 Å². The van der Waals surface area contributed by atoms with Crippen LogP contribution in [0, 0.1) is 0 Å². The SMILES string of the molecule is O=C1c2ccc(Cl)cc2CC12Cc1ccccc1S2(=O)=O. The maximum Gasteiger partial charge on any atom is 0.192 e. The number of sulfone groups is 1. The first-order chi connectivity index (χ1) is 9.96. The van der Waals surface area contributed by atoms with Gasteiger partial charge in [-0.3, -0.25) is 4.79 Å². The van der Waals surface area contributed by atoms with E-state index in [0.29, 0.717) is 10.6 Å². The lowest BCUT2D eigenvalue weighted by molar-refractivity contribution is 0.0954. The number of carbonyl (C=O) groups excluding carboxylic acids is 1. The molecular formula is C16H11ClO3S. The van der Waals surface area contributed by atoms with Gasteiger partial charge in [-0.15, -0.1) is 0 Å². The van der Waals surface area contributed by atoms with E-state index in [1.54, 1.807) is 42.5 Å². The molecule has 1 atom stereocenters. The second-order valence-corrected chi connectivity index (χ2v) is 8.25. The van der Waals surface area contributed by atoms with Crippen LogP contribution >= 0.6 is 11.6 Å². The van der Waals surface area contributed by atoms with Crippen LogP contribution in [0.5, 0.6) is 0 Å². The molecule has 2 aromatic carbocycles. The maximum atomic E-state index is 12.9. The lowest BCUT2D eigenvalue weighted by atomic mass is 9.95. The fourth-order valence-corrected chi connectivity index (χ4v) is 5.85. The van der Waals surface area contributed by atoms with E-state index >= 15 is 0 Å². The van der Waals surface area contributed by atoms with Gasteiger partial charge in [0.1, 0.15) is 4.75 Å². The van der Waals surface area contributed by atoms with Crippen molar-refractivity contribution in [1.82, 2.24) is 0 Å². The highest BCUT2D eigenvalue weighted by Gasteiger charge is 2.59. The molecule has 5 heteroatoms. The fourth-order valence-electron chi connectivity index (χ4n) is 3.45. The first kappa shape index (κ1) is 13.0. The minimum absolute atomic E-state index is 0.207. The average Bonchev–Trinajstić information content (AvgIpc) is 2.84. The molecule has 2 aromatic rings. The Morgan fingerprint density at radius 1 is 1.00 bits per heavy atom. The molecule has 0 saturated carbocycles. The van der Waals surface area contributed by atoms with Gasteiger partial charge in [-0.2, -0.15) is 0 Å². The molecule has 3 nitrogen and oxygen atoms in total. The second kappa shape index (κ2) is 3.96. The van der Waals surface area contributed by atoms with Gasteiger partial charge in [0.25, 0.3) is 0 Å². The third-order valence-corrected chi connectivity index (χ3v) is 7.17. The van der Waals surface area contributed by atoms with Gasteiger partial charge in [0.2, 0.25) is 0 Å². The molecule has 0 radical (unpaired) electrons. The highest BCUT2D eigenvalue weighted by Crippen LogP contribution is 2.47. The minimum Gasteiger partial charge on any atom is -0.292 e. The summed E-state index contributed by atoms with van der Waals surface area (Å²) < 4.78 is 24.5. The smallest absolute Gasteiger partial charge is 0.192 e. The van der Waals surface area contributed by atoms with Crippen molar-refractivity contribution in [2.45, 2.75) is 22.5 Å². The van der Waals surface area contributed by atoms with E-state index in [9.17, 15) is 13.2 Å². The van der Waals surface area contributed by atoms with Crippen LogP contribution in [0.2, 0.25) is 5.02 Å². The summed E-state index contributed by atoms with van der Waals surface area (Å²) in [4.78, 5) is 13.1. The molecule has 0 aromatic heterocycles.